The molecule has 0 bridgehead atoms. The van der Waals surface area contributed by atoms with Crippen molar-refractivity contribution < 1.29 is 4.79 Å². The van der Waals surface area contributed by atoms with Gasteiger partial charge in [0.25, 0.3) is 0 Å². The van der Waals surface area contributed by atoms with Crippen LogP contribution >= 0.6 is 0 Å². The molecular weight excluding hydrogens is 262 g/mol. The zero-order valence-electron chi connectivity index (χ0n) is 12.1. The molecule has 21 heavy (non-hydrogen) atoms. The Morgan fingerprint density at radius 2 is 2.14 bits per heavy atom. The normalized spacial score (nSPS) is 16.0. The van der Waals surface area contributed by atoms with Crippen LogP contribution in [0.15, 0.2) is 48.8 Å². The summed E-state index contributed by atoms with van der Waals surface area (Å²) in [5.41, 5.74) is 1.02. The number of carbonyl (C=O) groups excluding carboxylic acids is 1. The summed E-state index contributed by atoms with van der Waals surface area (Å²) in [5.74, 6) is 1.37. The number of nitrogens with zero attached hydrogens (tertiary/aromatic N) is 2. The lowest BCUT2D eigenvalue weighted by Crippen LogP contribution is -2.30. The van der Waals surface area contributed by atoms with Gasteiger partial charge < -0.3 is 9.88 Å². The number of aryl methyl sites for hydroxylation is 1. The molecule has 1 fully saturated rings. The van der Waals surface area contributed by atoms with E-state index in [1.807, 2.05) is 54.2 Å². The largest absolute Gasteiger partial charge is 0.342 e. The van der Waals surface area contributed by atoms with Crippen molar-refractivity contribution >= 4 is 12.0 Å². The quantitative estimate of drug-likeness (QED) is 0.857. The van der Waals surface area contributed by atoms with Gasteiger partial charge in [-0.15, -0.1) is 0 Å². The maximum Gasteiger partial charge on any atom is 0.244 e. The van der Waals surface area contributed by atoms with Crippen molar-refractivity contribution in [1.82, 2.24) is 14.9 Å². The van der Waals surface area contributed by atoms with Crippen molar-refractivity contribution in [2.45, 2.75) is 18.9 Å². The molecule has 0 spiro atoms. The van der Waals surface area contributed by atoms with Gasteiger partial charge in [0.2, 0.25) is 5.91 Å². The van der Waals surface area contributed by atoms with E-state index in [1.165, 1.54) is 0 Å². The van der Waals surface area contributed by atoms with Crippen LogP contribution in [0.25, 0.3) is 6.08 Å². The van der Waals surface area contributed by atoms with E-state index in [0.29, 0.717) is 5.92 Å². The van der Waals surface area contributed by atoms with Gasteiger partial charge >= 0.3 is 0 Å². The highest BCUT2D eigenvalue weighted by Gasteiger charge is 2.35. The topological polar surface area (TPSA) is 46.9 Å². The Bertz CT molecular complexity index is 641. The van der Waals surface area contributed by atoms with Gasteiger partial charge in [-0.1, -0.05) is 30.3 Å². The predicted octanol–water partition coefficient (Wildman–Crippen LogP) is 2.70. The molecule has 1 unspecified atom stereocenters. The first-order valence-electron chi connectivity index (χ1n) is 7.25. The van der Waals surface area contributed by atoms with E-state index in [9.17, 15) is 4.79 Å². The molecule has 0 saturated heterocycles. The lowest BCUT2D eigenvalue weighted by Gasteiger charge is -2.17. The number of hydrogen-bond donors (Lipinski definition) is 1. The zero-order chi connectivity index (χ0) is 14.7. The third-order valence-corrected chi connectivity index (χ3v) is 3.75. The molecule has 1 heterocycles. The van der Waals surface area contributed by atoms with Gasteiger partial charge in [-0.3, -0.25) is 4.79 Å². The number of amides is 1. The number of carbonyl (C=O) groups is 1. The van der Waals surface area contributed by atoms with E-state index in [4.69, 9.17) is 0 Å². The van der Waals surface area contributed by atoms with Crippen LogP contribution < -0.4 is 5.32 Å². The number of rotatable bonds is 5. The second-order valence-electron chi connectivity index (χ2n) is 5.46. The van der Waals surface area contributed by atoms with Crippen molar-refractivity contribution in [3.63, 3.8) is 0 Å². The van der Waals surface area contributed by atoms with E-state index in [1.54, 1.807) is 12.3 Å². The highest BCUT2D eigenvalue weighted by Crippen LogP contribution is 2.40. The van der Waals surface area contributed by atoms with E-state index >= 15 is 0 Å². The van der Waals surface area contributed by atoms with Gasteiger partial charge in [0, 0.05) is 25.5 Å². The molecule has 4 heteroatoms. The van der Waals surface area contributed by atoms with E-state index in [2.05, 4.69) is 10.3 Å². The van der Waals surface area contributed by atoms with Crippen LogP contribution in [0.1, 0.15) is 30.3 Å². The first-order valence-corrected chi connectivity index (χ1v) is 7.25. The summed E-state index contributed by atoms with van der Waals surface area (Å²) in [6.07, 6.45) is 9.42. The summed E-state index contributed by atoms with van der Waals surface area (Å²) in [6, 6.07) is 9.83. The number of aromatic nitrogens is 2. The minimum absolute atomic E-state index is 0.0120. The van der Waals surface area contributed by atoms with Crippen molar-refractivity contribution in [2.75, 3.05) is 0 Å². The molecule has 1 atom stereocenters. The summed E-state index contributed by atoms with van der Waals surface area (Å²) in [5, 5.41) is 3.08. The summed E-state index contributed by atoms with van der Waals surface area (Å²) in [6.45, 7) is 0. The number of nitrogens with one attached hydrogen (secondary N) is 1. The van der Waals surface area contributed by atoms with E-state index < -0.39 is 0 Å². The molecule has 1 saturated carbocycles. The molecule has 1 amide bonds. The average Bonchev–Trinajstić information content (AvgIpc) is 3.26. The number of benzene rings is 1. The molecule has 1 aromatic carbocycles. The fraction of sp³-hybridized carbons (Fsp3) is 0.294. The smallest absolute Gasteiger partial charge is 0.244 e. The van der Waals surface area contributed by atoms with Crippen LogP contribution in [-0.4, -0.2) is 15.5 Å². The monoisotopic (exact) mass is 281 g/mol. The summed E-state index contributed by atoms with van der Waals surface area (Å²) in [7, 11) is 1.96. The molecule has 0 radical (unpaired) electrons. The van der Waals surface area contributed by atoms with Crippen LogP contribution in [-0.2, 0) is 11.8 Å². The molecule has 108 valence electrons. The Morgan fingerprint density at radius 1 is 1.38 bits per heavy atom. The summed E-state index contributed by atoms with van der Waals surface area (Å²) >= 11 is 0. The lowest BCUT2D eigenvalue weighted by atomic mass is 10.1. The molecule has 2 aromatic rings. The van der Waals surface area contributed by atoms with Gasteiger partial charge in [0.05, 0.1) is 6.04 Å². The number of imidazole rings is 1. The first-order chi connectivity index (χ1) is 10.2. The molecule has 1 aromatic heterocycles. The van der Waals surface area contributed by atoms with Crippen LogP contribution in [0, 0.1) is 5.92 Å². The van der Waals surface area contributed by atoms with Gasteiger partial charge in [-0.2, -0.15) is 0 Å². The standard InChI is InChI=1S/C17H19N3O/c1-20-12-11-18-17(20)16(14-8-9-14)19-15(21)10-7-13-5-3-2-4-6-13/h2-7,10-12,14,16H,8-9H2,1H3,(H,19,21)/b10-7+. The minimum Gasteiger partial charge on any atom is -0.342 e. The molecule has 1 aliphatic rings. The Balaban J connectivity index is 1.68. The fourth-order valence-electron chi connectivity index (χ4n) is 2.44. The van der Waals surface area contributed by atoms with Crippen LogP contribution in [0.3, 0.4) is 0 Å². The van der Waals surface area contributed by atoms with Crippen LogP contribution in [0.4, 0.5) is 0 Å². The fourth-order valence-corrected chi connectivity index (χ4v) is 2.44. The third kappa shape index (κ3) is 3.40. The van der Waals surface area contributed by atoms with Gasteiger partial charge in [0.15, 0.2) is 0 Å². The first kappa shape index (κ1) is 13.6. The van der Waals surface area contributed by atoms with Gasteiger partial charge in [0.1, 0.15) is 5.82 Å². The highest BCUT2D eigenvalue weighted by atomic mass is 16.1. The van der Waals surface area contributed by atoms with Crippen molar-refractivity contribution in [1.29, 1.82) is 0 Å². The van der Waals surface area contributed by atoms with Crippen LogP contribution in [0.2, 0.25) is 0 Å². The highest BCUT2D eigenvalue weighted by molar-refractivity contribution is 5.91. The third-order valence-electron chi connectivity index (χ3n) is 3.75. The second-order valence-corrected chi connectivity index (χ2v) is 5.46. The minimum atomic E-state index is -0.0706. The lowest BCUT2D eigenvalue weighted by molar-refractivity contribution is -0.117. The second kappa shape index (κ2) is 5.95. The predicted molar refractivity (Wildman–Crippen MR) is 82.3 cm³/mol. The maximum atomic E-state index is 12.1. The molecule has 0 aliphatic heterocycles. The molecular formula is C17H19N3O. The maximum absolute atomic E-state index is 12.1. The summed E-state index contributed by atoms with van der Waals surface area (Å²) < 4.78 is 1.98. The molecule has 1 aliphatic carbocycles. The summed E-state index contributed by atoms with van der Waals surface area (Å²) in [4.78, 5) is 16.5. The van der Waals surface area contributed by atoms with Gasteiger partial charge in [-0.25, -0.2) is 4.98 Å². The zero-order valence-corrected chi connectivity index (χ0v) is 12.1. The molecule has 3 rings (SSSR count). The number of hydrogen-bond acceptors (Lipinski definition) is 2. The SMILES string of the molecule is Cn1ccnc1C(NC(=O)/C=C/c1ccccc1)C1CC1. The van der Waals surface area contributed by atoms with E-state index in [0.717, 1.165) is 24.2 Å². The van der Waals surface area contributed by atoms with Gasteiger partial charge in [-0.05, 0) is 30.4 Å². The Hall–Kier alpha value is -2.36. The van der Waals surface area contributed by atoms with Crippen molar-refractivity contribution in [3.05, 3.63) is 60.2 Å². The molecule has 1 N–H and O–H groups in total. The Kier molecular flexibility index (Phi) is 3.86. The van der Waals surface area contributed by atoms with E-state index in [-0.39, 0.29) is 11.9 Å². The van der Waals surface area contributed by atoms with Crippen molar-refractivity contribution in [2.24, 2.45) is 13.0 Å². The Morgan fingerprint density at radius 3 is 2.76 bits per heavy atom. The van der Waals surface area contributed by atoms with Crippen LogP contribution in [0.5, 0.6) is 0 Å². The average molecular weight is 281 g/mol. The van der Waals surface area contributed by atoms with Crippen molar-refractivity contribution in [3.8, 4) is 0 Å². The Labute approximate surface area is 124 Å². The molecule has 4 nitrogen and oxygen atoms in total.